The number of imidazole rings is 1. The van der Waals surface area contributed by atoms with Gasteiger partial charge in [-0.05, 0) is 61.0 Å². The molecule has 0 bridgehead atoms. The summed E-state index contributed by atoms with van der Waals surface area (Å²) < 4.78 is 8.58. The minimum atomic E-state index is -0.0522. The number of ketones is 1. The second-order valence-corrected chi connectivity index (χ2v) is 6.66. The molecule has 0 spiro atoms. The van der Waals surface area contributed by atoms with Crippen LogP contribution in [0.3, 0.4) is 0 Å². The average Bonchev–Trinajstić information content (AvgIpc) is 3.20. The Morgan fingerprint density at radius 1 is 1.23 bits per heavy atom. The van der Waals surface area contributed by atoms with Crippen LogP contribution in [-0.4, -0.2) is 21.9 Å². The first-order valence-corrected chi connectivity index (χ1v) is 9.20. The average molecular weight is 411 g/mol. The van der Waals surface area contributed by atoms with Crippen molar-refractivity contribution in [1.82, 2.24) is 9.55 Å². The third kappa shape index (κ3) is 4.49. The van der Waals surface area contributed by atoms with E-state index in [0.29, 0.717) is 12.2 Å². The van der Waals surface area contributed by atoms with E-state index < -0.39 is 0 Å². The van der Waals surface area contributed by atoms with E-state index in [4.69, 9.17) is 4.74 Å². The molecule has 1 aromatic heterocycles. The summed E-state index contributed by atoms with van der Waals surface area (Å²) in [7, 11) is 0. The van der Waals surface area contributed by atoms with E-state index in [-0.39, 0.29) is 5.78 Å². The van der Waals surface area contributed by atoms with Crippen molar-refractivity contribution in [3.05, 3.63) is 82.9 Å². The number of carbonyl (C=O) groups is 1. The van der Waals surface area contributed by atoms with Gasteiger partial charge in [-0.1, -0.05) is 22.9 Å². The Bertz CT molecular complexity index is 900. The number of ether oxygens (including phenoxy) is 1. The van der Waals surface area contributed by atoms with Crippen molar-refractivity contribution in [2.24, 2.45) is 0 Å². The van der Waals surface area contributed by atoms with Crippen LogP contribution in [0, 0.1) is 0 Å². The summed E-state index contributed by atoms with van der Waals surface area (Å²) in [5.74, 6) is 0.721. The van der Waals surface area contributed by atoms with Gasteiger partial charge < -0.3 is 9.30 Å². The van der Waals surface area contributed by atoms with E-state index >= 15 is 0 Å². The first-order chi connectivity index (χ1) is 12.7. The third-order valence-electron chi connectivity index (χ3n) is 3.80. The molecule has 0 aliphatic heterocycles. The SMILES string of the molecule is CCCOc1ccc(Br)cc1/C=C/C(=O)c1ccc(-n2ccnc2)cc1. The number of nitrogens with zero attached hydrogens (tertiary/aromatic N) is 2. The fourth-order valence-corrected chi connectivity index (χ4v) is 2.84. The zero-order valence-electron chi connectivity index (χ0n) is 14.4. The standard InChI is InChI=1S/C21H19BrN2O2/c1-2-13-26-21-10-6-18(22)14-17(21)5-9-20(25)16-3-7-19(8-4-16)24-12-11-23-15-24/h3-12,14-15H,2,13H2,1H3/b9-5+. The Labute approximate surface area is 161 Å². The molecule has 0 radical (unpaired) electrons. The quantitative estimate of drug-likeness (QED) is 0.391. The van der Waals surface area contributed by atoms with E-state index in [2.05, 4.69) is 27.8 Å². The highest BCUT2D eigenvalue weighted by molar-refractivity contribution is 9.10. The van der Waals surface area contributed by atoms with Gasteiger partial charge in [0.25, 0.3) is 0 Å². The minimum absolute atomic E-state index is 0.0522. The van der Waals surface area contributed by atoms with Crippen LogP contribution in [-0.2, 0) is 0 Å². The van der Waals surface area contributed by atoms with E-state index in [1.807, 2.05) is 53.2 Å². The lowest BCUT2D eigenvalue weighted by atomic mass is 10.1. The summed E-state index contributed by atoms with van der Waals surface area (Å²) in [5.41, 5.74) is 2.47. The second-order valence-electron chi connectivity index (χ2n) is 5.75. The van der Waals surface area contributed by atoms with Crippen LogP contribution in [0.1, 0.15) is 29.3 Å². The highest BCUT2D eigenvalue weighted by Gasteiger charge is 2.05. The van der Waals surface area contributed by atoms with E-state index in [1.165, 1.54) is 0 Å². The van der Waals surface area contributed by atoms with Crippen molar-refractivity contribution >= 4 is 27.8 Å². The van der Waals surface area contributed by atoms with Crippen molar-refractivity contribution < 1.29 is 9.53 Å². The summed E-state index contributed by atoms with van der Waals surface area (Å²) in [6, 6.07) is 13.2. The number of hydrogen-bond acceptors (Lipinski definition) is 3. The Balaban J connectivity index is 1.76. The Morgan fingerprint density at radius 2 is 2.04 bits per heavy atom. The second kappa shape index (κ2) is 8.63. The van der Waals surface area contributed by atoms with Crippen LogP contribution < -0.4 is 4.74 Å². The number of allylic oxidation sites excluding steroid dienone is 1. The van der Waals surface area contributed by atoms with Crippen molar-refractivity contribution in [1.29, 1.82) is 0 Å². The van der Waals surface area contributed by atoms with E-state index in [9.17, 15) is 4.79 Å². The molecule has 3 aromatic rings. The van der Waals surface area contributed by atoms with Crippen LogP contribution in [0.2, 0.25) is 0 Å². The molecule has 0 aliphatic carbocycles. The van der Waals surface area contributed by atoms with Crippen LogP contribution in [0.4, 0.5) is 0 Å². The molecule has 0 atom stereocenters. The number of halogens is 1. The highest BCUT2D eigenvalue weighted by atomic mass is 79.9. The smallest absolute Gasteiger partial charge is 0.185 e. The van der Waals surface area contributed by atoms with Gasteiger partial charge >= 0.3 is 0 Å². The van der Waals surface area contributed by atoms with E-state index in [1.54, 1.807) is 24.7 Å². The summed E-state index contributed by atoms with van der Waals surface area (Å²) in [6.07, 6.45) is 9.61. The lowest BCUT2D eigenvalue weighted by Gasteiger charge is -2.08. The van der Waals surface area contributed by atoms with Gasteiger partial charge in [0.1, 0.15) is 5.75 Å². The monoisotopic (exact) mass is 410 g/mol. The minimum Gasteiger partial charge on any atom is -0.493 e. The molecule has 0 saturated carbocycles. The maximum Gasteiger partial charge on any atom is 0.185 e. The summed E-state index contributed by atoms with van der Waals surface area (Å²) in [5, 5.41) is 0. The topological polar surface area (TPSA) is 44.1 Å². The van der Waals surface area contributed by atoms with E-state index in [0.717, 1.165) is 27.9 Å². The predicted molar refractivity (Wildman–Crippen MR) is 107 cm³/mol. The molecule has 1 heterocycles. The highest BCUT2D eigenvalue weighted by Crippen LogP contribution is 2.25. The molecule has 0 fully saturated rings. The van der Waals surface area contributed by atoms with Crippen LogP contribution >= 0.6 is 15.9 Å². The van der Waals surface area contributed by atoms with Crippen molar-refractivity contribution in [3.63, 3.8) is 0 Å². The molecule has 0 N–H and O–H groups in total. The van der Waals surface area contributed by atoms with Gasteiger partial charge in [0.05, 0.1) is 12.9 Å². The molecule has 5 heteroatoms. The normalized spacial score (nSPS) is 11.0. The van der Waals surface area contributed by atoms with Crippen LogP contribution in [0.15, 0.2) is 71.7 Å². The van der Waals surface area contributed by atoms with Gasteiger partial charge in [-0.2, -0.15) is 0 Å². The third-order valence-corrected chi connectivity index (χ3v) is 4.30. The van der Waals surface area contributed by atoms with Gasteiger partial charge in [0.2, 0.25) is 0 Å². The van der Waals surface area contributed by atoms with Gasteiger partial charge in [-0.3, -0.25) is 4.79 Å². The molecule has 0 amide bonds. The van der Waals surface area contributed by atoms with Crippen LogP contribution in [0.25, 0.3) is 11.8 Å². The number of aromatic nitrogens is 2. The molecule has 0 unspecified atom stereocenters. The number of rotatable bonds is 7. The van der Waals surface area contributed by atoms with Gasteiger partial charge in [0, 0.05) is 33.7 Å². The molecular formula is C21H19BrN2O2. The molecule has 3 rings (SSSR count). The van der Waals surface area contributed by atoms with Crippen molar-refractivity contribution in [2.45, 2.75) is 13.3 Å². The van der Waals surface area contributed by atoms with Gasteiger partial charge in [0.15, 0.2) is 5.78 Å². The Kier molecular flexibility index (Phi) is 6.02. The van der Waals surface area contributed by atoms with Gasteiger partial charge in [-0.15, -0.1) is 0 Å². The molecule has 2 aromatic carbocycles. The maximum absolute atomic E-state index is 12.5. The predicted octanol–water partition coefficient (Wildman–Crippen LogP) is 5.32. The lowest BCUT2D eigenvalue weighted by Crippen LogP contribution is -1.98. The Morgan fingerprint density at radius 3 is 2.73 bits per heavy atom. The zero-order valence-corrected chi connectivity index (χ0v) is 16.0. The molecule has 26 heavy (non-hydrogen) atoms. The number of hydrogen-bond donors (Lipinski definition) is 0. The molecule has 4 nitrogen and oxygen atoms in total. The fraction of sp³-hybridized carbons (Fsp3) is 0.143. The summed E-state index contributed by atoms with van der Waals surface area (Å²) in [4.78, 5) is 16.5. The maximum atomic E-state index is 12.5. The first kappa shape index (κ1) is 18.1. The van der Waals surface area contributed by atoms with Crippen molar-refractivity contribution in [2.75, 3.05) is 6.61 Å². The lowest BCUT2D eigenvalue weighted by molar-refractivity contribution is 0.104. The first-order valence-electron chi connectivity index (χ1n) is 8.40. The van der Waals surface area contributed by atoms with Crippen LogP contribution in [0.5, 0.6) is 5.75 Å². The molecule has 0 saturated heterocycles. The Hall–Kier alpha value is -2.66. The largest absolute Gasteiger partial charge is 0.493 e. The molecule has 0 aliphatic rings. The zero-order chi connectivity index (χ0) is 18.4. The van der Waals surface area contributed by atoms with Gasteiger partial charge in [-0.25, -0.2) is 4.98 Å². The summed E-state index contributed by atoms with van der Waals surface area (Å²) in [6.45, 7) is 2.71. The summed E-state index contributed by atoms with van der Waals surface area (Å²) >= 11 is 3.46. The van der Waals surface area contributed by atoms with Crippen molar-refractivity contribution in [3.8, 4) is 11.4 Å². The fourth-order valence-electron chi connectivity index (χ4n) is 2.46. The number of benzene rings is 2. The molecule has 132 valence electrons. The number of carbonyl (C=O) groups excluding carboxylic acids is 1. The molecular weight excluding hydrogens is 392 g/mol.